The molecule has 0 spiro atoms. The van der Waals surface area contributed by atoms with Crippen molar-refractivity contribution < 1.29 is 9.90 Å². The maximum atomic E-state index is 11.5. The van der Waals surface area contributed by atoms with Crippen molar-refractivity contribution in [3.05, 3.63) is 54.4 Å². The van der Waals surface area contributed by atoms with Gasteiger partial charge in [-0.1, -0.05) is 50.2 Å². The number of benzene rings is 2. The molecule has 1 aliphatic rings. The first-order chi connectivity index (χ1) is 13.5. The molecule has 4 rings (SSSR count). The Bertz CT molecular complexity index is 993. The molecule has 28 heavy (non-hydrogen) atoms. The summed E-state index contributed by atoms with van der Waals surface area (Å²) in [7, 11) is 0. The fraction of sp³-hybridized carbons (Fsp3) is 0.348. The van der Waals surface area contributed by atoms with Gasteiger partial charge in [0, 0.05) is 13.1 Å². The molecule has 1 fully saturated rings. The molecule has 1 N–H and O–H groups in total. The van der Waals surface area contributed by atoms with Crippen molar-refractivity contribution in [3.63, 3.8) is 0 Å². The maximum Gasteiger partial charge on any atom is 0.308 e. The molecule has 0 radical (unpaired) electrons. The lowest BCUT2D eigenvalue weighted by Gasteiger charge is -2.32. The number of piperidine rings is 1. The Hall–Kier alpha value is -2.95. The Morgan fingerprint density at radius 3 is 2.64 bits per heavy atom. The number of carbonyl (C=O) groups is 1. The van der Waals surface area contributed by atoms with Gasteiger partial charge in [0.15, 0.2) is 0 Å². The Morgan fingerprint density at radius 2 is 1.93 bits per heavy atom. The van der Waals surface area contributed by atoms with Crippen LogP contribution in [0.25, 0.3) is 22.0 Å². The third-order valence-electron chi connectivity index (χ3n) is 5.60. The second kappa shape index (κ2) is 7.58. The molecule has 1 aromatic heterocycles. The van der Waals surface area contributed by atoms with E-state index < -0.39 is 5.97 Å². The monoisotopic (exact) mass is 375 g/mol. The number of aliphatic carboxylic acids is 1. The molecule has 5 heteroatoms. The lowest BCUT2D eigenvalue weighted by atomic mass is 9.95. The summed E-state index contributed by atoms with van der Waals surface area (Å²) in [6, 6.07) is 14.7. The molecule has 0 saturated carbocycles. The van der Waals surface area contributed by atoms with Crippen LogP contribution in [0.5, 0.6) is 0 Å². The summed E-state index contributed by atoms with van der Waals surface area (Å²) in [6.45, 7) is 5.68. The molecule has 2 aromatic carbocycles. The molecule has 2 heterocycles. The van der Waals surface area contributed by atoms with Crippen molar-refractivity contribution in [1.82, 2.24) is 9.97 Å². The summed E-state index contributed by atoms with van der Waals surface area (Å²) in [6.07, 6.45) is 3.15. The van der Waals surface area contributed by atoms with E-state index in [-0.39, 0.29) is 5.92 Å². The minimum absolute atomic E-state index is 0.351. The van der Waals surface area contributed by atoms with Crippen LogP contribution in [-0.4, -0.2) is 34.1 Å². The largest absolute Gasteiger partial charge is 0.481 e. The van der Waals surface area contributed by atoms with E-state index in [1.165, 1.54) is 5.56 Å². The summed E-state index contributed by atoms with van der Waals surface area (Å²) in [4.78, 5) is 22.7. The van der Waals surface area contributed by atoms with Gasteiger partial charge in [-0.3, -0.25) is 4.79 Å². The van der Waals surface area contributed by atoms with Gasteiger partial charge >= 0.3 is 5.97 Å². The topological polar surface area (TPSA) is 66.3 Å². The highest BCUT2D eigenvalue weighted by Gasteiger charge is 2.27. The zero-order valence-electron chi connectivity index (χ0n) is 16.3. The van der Waals surface area contributed by atoms with Crippen molar-refractivity contribution in [2.45, 2.75) is 32.6 Å². The van der Waals surface area contributed by atoms with E-state index in [1.54, 1.807) is 6.33 Å². The molecule has 0 amide bonds. The van der Waals surface area contributed by atoms with E-state index in [1.807, 2.05) is 12.1 Å². The second-order valence-electron chi connectivity index (χ2n) is 7.80. The second-order valence-corrected chi connectivity index (χ2v) is 7.80. The van der Waals surface area contributed by atoms with Gasteiger partial charge in [0.25, 0.3) is 0 Å². The van der Waals surface area contributed by atoms with E-state index in [4.69, 9.17) is 0 Å². The first kappa shape index (κ1) is 18.4. The fourth-order valence-electron chi connectivity index (χ4n) is 3.99. The summed E-state index contributed by atoms with van der Waals surface area (Å²) >= 11 is 0. The highest BCUT2D eigenvalue weighted by molar-refractivity contribution is 6.02. The quantitative estimate of drug-likeness (QED) is 0.715. The van der Waals surface area contributed by atoms with Crippen LogP contribution in [0, 0.1) is 5.92 Å². The van der Waals surface area contributed by atoms with Gasteiger partial charge in [0.1, 0.15) is 12.1 Å². The number of nitrogens with zero attached hydrogens (tertiary/aromatic N) is 3. The Morgan fingerprint density at radius 1 is 1.14 bits per heavy atom. The van der Waals surface area contributed by atoms with Gasteiger partial charge in [-0.05, 0) is 41.5 Å². The van der Waals surface area contributed by atoms with Gasteiger partial charge in [0.05, 0.1) is 16.8 Å². The van der Waals surface area contributed by atoms with Crippen molar-refractivity contribution >= 4 is 22.7 Å². The summed E-state index contributed by atoms with van der Waals surface area (Å²) in [5, 5.41) is 10.5. The van der Waals surface area contributed by atoms with Gasteiger partial charge in [0.2, 0.25) is 0 Å². The number of rotatable bonds is 4. The van der Waals surface area contributed by atoms with Crippen LogP contribution in [0.4, 0.5) is 5.82 Å². The normalized spacial score (nSPS) is 17.2. The molecule has 1 atom stereocenters. The van der Waals surface area contributed by atoms with Crippen LogP contribution >= 0.6 is 0 Å². The zero-order chi connectivity index (χ0) is 19.7. The molecule has 5 nitrogen and oxygen atoms in total. The van der Waals surface area contributed by atoms with Crippen LogP contribution < -0.4 is 4.90 Å². The number of anilines is 1. The molecule has 0 aliphatic carbocycles. The number of carboxylic acid groups (broad SMARTS) is 1. The average molecular weight is 375 g/mol. The summed E-state index contributed by atoms with van der Waals surface area (Å²) < 4.78 is 0. The zero-order valence-corrected chi connectivity index (χ0v) is 16.3. The Balaban J connectivity index is 1.81. The minimum Gasteiger partial charge on any atom is -0.481 e. The van der Waals surface area contributed by atoms with Crippen LogP contribution in [0.2, 0.25) is 0 Å². The van der Waals surface area contributed by atoms with Crippen LogP contribution in [-0.2, 0) is 4.79 Å². The Labute approximate surface area is 165 Å². The van der Waals surface area contributed by atoms with Crippen molar-refractivity contribution in [2.24, 2.45) is 5.92 Å². The van der Waals surface area contributed by atoms with Crippen molar-refractivity contribution in [2.75, 3.05) is 18.0 Å². The fourth-order valence-corrected chi connectivity index (χ4v) is 3.99. The highest BCUT2D eigenvalue weighted by Crippen LogP contribution is 2.35. The third-order valence-corrected chi connectivity index (χ3v) is 5.60. The van der Waals surface area contributed by atoms with Crippen LogP contribution in [0.3, 0.4) is 0 Å². The number of fused-ring (bicyclic) bond motifs is 1. The Kier molecular flexibility index (Phi) is 4.99. The van der Waals surface area contributed by atoms with E-state index in [0.717, 1.165) is 47.2 Å². The maximum absolute atomic E-state index is 11.5. The van der Waals surface area contributed by atoms with Gasteiger partial charge in [-0.25, -0.2) is 9.97 Å². The van der Waals surface area contributed by atoms with Crippen LogP contribution in [0.1, 0.15) is 38.2 Å². The van der Waals surface area contributed by atoms with E-state index in [9.17, 15) is 9.90 Å². The number of hydrogen-bond donors (Lipinski definition) is 1. The SMILES string of the molecule is CC(C)c1ccc(-c2cccc3ncnc(N4CCCC(C(=O)O)C4)c23)cc1. The highest BCUT2D eigenvalue weighted by atomic mass is 16.4. The molecular formula is C23H25N3O2. The number of aromatic nitrogens is 2. The predicted molar refractivity (Wildman–Crippen MR) is 112 cm³/mol. The average Bonchev–Trinajstić information content (AvgIpc) is 2.73. The van der Waals surface area contributed by atoms with Gasteiger partial charge < -0.3 is 10.0 Å². The van der Waals surface area contributed by atoms with E-state index >= 15 is 0 Å². The molecule has 1 aliphatic heterocycles. The molecule has 0 bridgehead atoms. The van der Waals surface area contributed by atoms with Crippen LogP contribution in [0.15, 0.2) is 48.8 Å². The standard InChI is InChI=1S/C23H25N3O2/c1-15(2)16-8-10-17(11-9-16)19-6-3-7-20-21(19)22(25-14-24-20)26-12-4-5-18(13-26)23(27)28/h3,6-11,14-15,18H,4-5,12-13H2,1-2H3,(H,27,28). The van der Waals surface area contributed by atoms with E-state index in [0.29, 0.717) is 12.5 Å². The lowest BCUT2D eigenvalue weighted by molar-refractivity contribution is -0.141. The smallest absolute Gasteiger partial charge is 0.308 e. The number of carboxylic acids is 1. The number of hydrogen-bond acceptors (Lipinski definition) is 4. The van der Waals surface area contributed by atoms with Crippen molar-refractivity contribution in [1.29, 1.82) is 0 Å². The summed E-state index contributed by atoms with van der Waals surface area (Å²) in [5.74, 6) is 0.241. The lowest BCUT2D eigenvalue weighted by Crippen LogP contribution is -2.39. The van der Waals surface area contributed by atoms with Crippen molar-refractivity contribution in [3.8, 4) is 11.1 Å². The first-order valence-corrected chi connectivity index (χ1v) is 9.86. The predicted octanol–water partition coefficient (Wildman–Crippen LogP) is 4.72. The molecule has 3 aromatic rings. The van der Waals surface area contributed by atoms with Gasteiger partial charge in [-0.2, -0.15) is 0 Å². The van der Waals surface area contributed by atoms with E-state index in [2.05, 4.69) is 59.0 Å². The molecule has 1 unspecified atom stereocenters. The van der Waals surface area contributed by atoms with Gasteiger partial charge in [-0.15, -0.1) is 0 Å². The summed E-state index contributed by atoms with van der Waals surface area (Å²) in [5.41, 5.74) is 4.40. The molecular weight excluding hydrogens is 350 g/mol. The third kappa shape index (κ3) is 3.44. The molecule has 144 valence electrons. The first-order valence-electron chi connectivity index (χ1n) is 9.86. The minimum atomic E-state index is -0.729. The molecule has 1 saturated heterocycles.